The molecule has 2 atom stereocenters. The van der Waals surface area contributed by atoms with Crippen molar-refractivity contribution in [3.8, 4) is 34.4 Å². The van der Waals surface area contributed by atoms with Crippen molar-refractivity contribution in [2.75, 3.05) is 21.3 Å². The number of aromatic amines is 1. The van der Waals surface area contributed by atoms with Crippen LogP contribution in [0, 0.1) is 6.92 Å². The zero-order valence-corrected chi connectivity index (χ0v) is 20.5. The van der Waals surface area contributed by atoms with E-state index in [2.05, 4.69) is 4.98 Å². The quantitative estimate of drug-likeness (QED) is 0.442. The average Bonchev–Trinajstić information content (AvgIpc) is 3.41. The molecule has 182 valence electrons. The number of aromatic nitrogens is 2. The molecule has 1 N–H and O–H groups in total. The number of benzene rings is 3. The first-order valence-electron chi connectivity index (χ1n) is 11.8. The van der Waals surface area contributed by atoms with Gasteiger partial charge in [-0.2, -0.15) is 0 Å². The first-order valence-corrected chi connectivity index (χ1v) is 11.8. The summed E-state index contributed by atoms with van der Waals surface area (Å²) in [7, 11) is 4.87. The Morgan fingerprint density at radius 3 is 2.33 bits per heavy atom. The molecular weight excluding hydrogens is 456 g/mol. The summed E-state index contributed by atoms with van der Waals surface area (Å²) in [5.41, 5.74) is 4.09. The molecule has 0 saturated heterocycles. The van der Waals surface area contributed by atoms with Gasteiger partial charge >= 0.3 is 0 Å². The summed E-state index contributed by atoms with van der Waals surface area (Å²) in [5, 5.41) is 0. The number of hydrogen-bond donors (Lipinski definition) is 1. The number of hydrogen-bond acceptors (Lipinski definition) is 6. The van der Waals surface area contributed by atoms with Crippen molar-refractivity contribution in [2.24, 2.45) is 0 Å². The van der Waals surface area contributed by atoms with E-state index in [-0.39, 0.29) is 11.5 Å². The molecule has 1 aliphatic heterocycles. The molecule has 0 fully saturated rings. The molecule has 4 aromatic rings. The van der Waals surface area contributed by atoms with E-state index >= 15 is 0 Å². The molecule has 3 aromatic carbocycles. The number of ether oxygens (including phenoxy) is 4. The van der Waals surface area contributed by atoms with E-state index in [1.165, 1.54) is 0 Å². The number of nitrogens with zero attached hydrogens (tertiary/aromatic N) is 1. The van der Waals surface area contributed by atoms with Crippen molar-refractivity contribution in [3.05, 3.63) is 99.0 Å². The van der Waals surface area contributed by atoms with E-state index < -0.39 is 5.60 Å². The molecule has 0 radical (unpaired) electrons. The van der Waals surface area contributed by atoms with Crippen LogP contribution in [0.1, 0.15) is 33.9 Å². The topological polar surface area (TPSA) is 82.7 Å². The second kappa shape index (κ2) is 8.16. The summed E-state index contributed by atoms with van der Waals surface area (Å²) in [5.74, 6) is 2.87. The molecule has 36 heavy (non-hydrogen) atoms. The maximum atomic E-state index is 13.4. The Kier molecular flexibility index (Phi) is 5.03. The Bertz CT molecular complexity index is 1530. The molecular formula is C29H26N2O5. The predicted octanol–water partition coefficient (Wildman–Crippen LogP) is 4.75. The molecule has 1 aliphatic carbocycles. The minimum atomic E-state index is -0.859. The van der Waals surface area contributed by atoms with E-state index in [0.717, 1.165) is 28.0 Å². The maximum absolute atomic E-state index is 13.4. The van der Waals surface area contributed by atoms with Crippen LogP contribution in [0.15, 0.2) is 65.5 Å². The summed E-state index contributed by atoms with van der Waals surface area (Å²) in [6, 6.07) is 19.5. The molecule has 2 aliphatic rings. The normalized spacial score (nSPS) is 19.2. The number of nitrogens with one attached hydrogen (secondary N) is 1. The zero-order chi connectivity index (χ0) is 25.0. The third-order valence-electron chi connectivity index (χ3n) is 7.24. The van der Waals surface area contributed by atoms with Crippen molar-refractivity contribution in [3.63, 3.8) is 0 Å². The van der Waals surface area contributed by atoms with E-state index in [0.29, 0.717) is 40.8 Å². The fourth-order valence-corrected chi connectivity index (χ4v) is 5.45. The van der Waals surface area contributed by atoms with Crippen LogP contribution in [0.5, 0.6) is 23.0 Å². The van der Waals surface area contributed by atoms with Crippen LogP contribution < -0.4 is 24.5 Å². The lowest BCUT2D eigenvalue weighted by Gasteiger charge is -2.29. The standard InChI is InChI=1S/C29H26N2O5/c1-16-5-7-17(8-6-16)27-30-26-21(28(32)31-27)15-29(18-9-11-19(33-2)12-10-18)25(26)24-22(35-4)13-20(34-3)14-23(24)36-29/h5-14,25H,15H2,1-4H3,(H,30,31,32)/t25?,29-/m0/s1. The molecule has 7 heteroatoms. The molecule has 0 amide bonds. The van der Waals surface area contributed by atoms with Gasteiger partial charge in [-0.25, -0.2) is 4.98 Å². The van der Waals surface area contributed by atoms with Crippen LogP contribution in [0.25, 0.3) is 11.4 Å². The highest BCUT2D eigenvalue weighted by Gasteiger charge is 2.58. The first kappa shape index (κ1) is 22.2. The summed E-state index contributed by atoms with van der Waals surface area (Å²) >= 11 is 0. The summed E-state index contributed by atoms with van der Waals surface area (Å²) in [4.78, 5) is 21.4. The second-order valence-electron chi connectivity index (χ2n) is 9.22. The Hall–Kier alpha value is -4.26. The first-order chi connectivity index (χ1) is 17.5. The number of rotatable bonds is 5. The Morgan fingerprint density at radius 1 is 0.944 bits per heavy atom. The van der Waals surface area contributed by atoms with Gasteiger partial charge in [-0.15, -0.1) is 0 Å². The van der Waals surface area contributed by atoms with Gasteiger partial charge in [0.05, 0.1) is 32.9 Å². The van der Waals surface area contributed by atoms with Crippen molar-refractivity contribution in [1.29, 1.82) is 0 Å². The maximum Gasteiger partial charge on any atom is 0.254 e. The summed E-state index contributed by atoms with van der Waals surface area (Å²) < 4.78 is 23.5. The van der Waals surface area contributed by atoms with Crippen LogP contribution in [0.3, 0.4) is 0 Å². The molecule has 0 bridgehead atoms. The summed E-state index contributed by atoms with van der Waals surface area (Å²) in [6.07, 6.45) is 0.371. The lowest BCUT2D eigenvalue weighted by molar-refractivity contribution is 0.0882. The average molecular weight is 483 g/mol. The van der Waals surface area contributed by atoms with Crippen molar-refractivity contribution < 1.29 is 18.9 Å². The smallest absolute Gasteiger partial charge is 0.254 e. The van der Waals surface area contributed by atoms with Crippen LogP contribution in [0.2, 0.25) is 0 Å². The third-order valence-corrected chi connectivity index (χ3v) is 7.24. The van der Waals surface area contributed by atoms with Gasteiger partial charge in [0.2, 0.25) is 0 Å². The molecule has 7 nitrogen and oxygen atoms in total. The van der Waals surface area contributed by atoms with Crippen LogP contribution in [0.4, 0.5) is 0 Å². The Balaban J connectivity index is 1.60. The SMILES string of the molecule is COc1ccc([C@@]23Cc4c(nc(-c5ccc(C)cc5)[nH]c4=O)C2c2c(OC)cc(OC)cc2O3)cc1. The van der Waals surface area contributed by atoms with Crippen LogP contribution in [-0.2, 0) is 12.0 Å². The fraction of sp³-hybridized carbons (Fsp3) is 0.241. The highest BCUT2D eigenvalue weighted by Crippen LogP contribution is 2.61. The van der Waals surface area contributed by atoms with Crippen molar-refractivity contribution in [1.82, 2.24) is 9.97 Å². The van der Waals surface area contributed by atoms with Gasteiger partial charge in [-0.05, 0) is 24.6 Å². The van der Waals surface area contributed by atoms with Gasteiger partial charge in [0.25, 0.3) is 5.56 Å². The van der Waals surface area contributed by atoms with Gasteiger partial charge in [0.15, 0.2) is 5.60 Å². The highest BCUT2D eigenvalue weighted by atomic mass is 16.5. The molecule has 1 unspecified atom stereocenters. The predicted molar refractivity (Wildman–Crippen MR) is 135 cm³/mol. The molecule has 0 spiro atoms. The molecule has 1 aromatic heterocycles. The lowest BCUT2D eigenvalue weighted by atomic mass is 9.80. The third kappa shape index (κ3) is 3.19. The van der Waals surface area contributed by atoms with E-state index in [1.807, 2.05) is 67.6 Å². The van der Waals surface area contributed by atoms with Gasteiger partial charge in [0.1, 0.15) is 28.8 Å². The minimum absolute atomic E-state index is 0.157. The van der Waals surface area contributed by atoms with E-state index in [4.69, 9.17) is 23.9 Å². The lowest BCUT2D eigenvalue weighted by Crippen LogP contribution is -2.34. The van der Waals surface area contributed by atoms with Gasteiger partial charge in [-0.1, -0.05) is 42.0 Å². The number of fused-ring (bicyclic) bond motifs is 5. The fourth-order valence-electron chi connectivity index (χ4n) is 5.45. The number of H-pyrrole nitrogens is 1. The van der Waals surface area contributed by atoms with Gasteiger partial charge < -0.3 is 23.9 Å². The zero-order valence-electron chi connectivity index (χ0n) is 20.5. The monoisotopic (exact) mass is 482 g/mol. The second-order valence-corrected chi connectivity index (χ2v) is 9.22. The Morgan fingerprint density at radius 2 is 1.67 bits per heavy atom. The minimum Gasteiger partial charge on any atom is -0.497 e. The highest BCUT2D eigenvalue weighted by molar-refractivity contribution is 5.65. The number of aryl methyl sites for hydroxylation is 1. The van der Waals surface area contributed by atoms with Crippen molar-refractivity contribution in [2.45, 2.75) is 24.9 Å². The van der Waals surface area contributed by atoms with Crippen molar-refractivity contribution >= 4 is 0 Å². The Labute approximate surface area is 208 Å². The number of methoxy groups -OCH3 is 3. The molecule has 2 heterocycles. The van der Waals surface area contributed by atoms with Gasteiger partial charge in [-0.3, -0.25) is 4.79 Å². The van der Waals surface area contributed by atoms with Crippen LogP contribution >= 0.6 is 0 Å². The van der Waals surface area contributed by atoms with E-state index in [9.17, 15) is 4.79 Å². The molecule has 0 saturated carbocycles. The van der Waals surface area contributed by atoms with Gasteiger partial charge in [0, 0.05) is 35.2 Å². The molecule has 6 rings (SSSR count). The van der Waals surface area contributed by atoms with Crippen LogP contribution in [-0.4, -0.2) is 31.3 Å². The van der Waals surface area contributed by atoms with E-state index in [1.54, 1.807) is 21.3 Å². The summed E-state index contributed by atoms with van der Waals surface area (Å²) in [6.45, 7) is 2.03. The largest absolute Gasteiger partial charge is 0.497 e.